The predicted molar refractivity (Wildman–Crippen MR) is 72.5 cm³/mol. The number of hydrogen-bond acceptors (Lipinski definition) is 3. The Bertz CT molecular complexity index is 369. The van der Waals surface area contributed by atoms with E-state index in [9.17, 15) is 8.42 Å². The summed E-state index contributed by atoms with van der Waals surface area (Å²) >= 11 is 0. The standard InChI is InChI=1S/C12H25N3O2S/c1-10-6-11(2)9-15(8-10)18(16,17)14(3)12-4-5-13-7-12/h10-13H,4-9H2,1-3H3. The molecule has 1 N–H and O–H groups in total. The summed E-state index contributed by atoms with van der Waals surface area (Å²) in [6, 6.07) is 0.113. The third kappa shape index (κ3) is 2.87. The van der Waals surface area contributed by atoms with Crippen LogP contribution in [0.4, 0.5) is 0 Å². The van der Waals surface area contributed by atoms with Gasteiger partial charge in [0.25, 0.3) is 10.2 Å². The van der Waals surface area contributed by atoms with Crippen LogP contribution >= 0.6 is 0 Å². The molecule has 2 fully saturated rings. The third-order valence-electron chi connectivity index (χ3n) is 4.07. The van der Waals surface area contributed by atoms with Gasteiger partial charge < -0.3 is 5.32 Å². The number of hydrogen-bond donors (Lipinski definition) is 1. The molecule has 3 unspecified atom stereocenters. The molecule has 2 rings (SSSR count). The molecule has 2 saturated heterocycles. The van der Waals surface area contributed by atoms with Gasteiger partial charge in [0, 0.05) is 32.7 Å². The van der Waals surface area contributed by atoms with Crippen LogP contribution in [0.3, 0.4) is 0 Å². The highest BCUT2D eigenvalue weighted by Crippen LogP contribution is 2.25. The molecule has 6 heteroatoms. The summed E-state index contributed by atoms with van der Waals surface area (Å²) in [6.07, 6.45) is 2.04. The molecule has 0 bridgehead atoms. The minimum atomic E-state index is -3.28. The van der Waals surface area contributed by atoms with Crippen LogP contribution in [0.5, 0.6) is 0 Å². The Morgan fingerprint density at radius 2 is 1.83 bits per heavy atom. The van der Waals surface area contributed by atoms with Crippen LogP contribution in [-0.4, -0.2) is 56.3 Å². The van der Waals surface area contributed by atoms with Gasteiger partial charge >= 0.3 is 0 Å². The molecule has 2 heterocycles. The molecule has 0 aromatic rings. The van der Waals surface area contributed by atoms with E-state index in [-0.39, 0.29) is 6.04 Å². The van der Waals surface area contributed by atoms with Gasteiger partial charge in [-0.25, -0.2) is 0 Å². The lowest BCUT2D eigenvalue weighted by atomic mass is 9.94. The fourth-order valence-corrected chi connectivity index (χ4v) is 4.92. The maximum absolute atomic E-state index is 12.6. The van der Waals surface area contributed by atoms with Crippen LogP contribution in [-0.2, 0) is 10.2 Å². The third-order valence-corrected chi connectivity index (χ3v) is 6.05. The quantitative estimate of drug-likeness (QED) is 0.816. The molecule has 3 atom stereocenters. The number of piperidine rings is 1. The number of rotatable bonds is 3. The molecule has 0 aromatic heterocycles. The smallest absolute Gasteiger partial charge is 0.282 e. The number of nitrogens with one attached hydrogen (secondary N) is 1. The van der Waals surface area contributed by atoms with Gasteiger partial charge in [-0.2, -0.15) is 17.0 Å². The fraction of sp³-hybridized carbons (Fsp3) is 1.00. The van der Waals surface area contributed by atoms with Crippen LogP contribution < -0.4 is 5.32 Å². The molecular weight excluding hydrogens is 250 g/mol. The first kappa shape index (κ1) is 14.2. The van der Waals surface area contributed by atoms with Gasteiger partial charge in [-0.1, -0.05) is 13.8 Å². The van der Waals surface area contributed by atoms with E-state index in [2.05, 4.69) is 19.2 Å². The van der Waals surface area contributed by atoms with E-state index in [4.69, 9.17) is 0 Å². The molecule has 106 valence electrons. The number of nitrogens with zero attached hydrogens (tertiary/aromatic N) is 2. The van der Waals surface area contributed by atoms with Crippen LogP contribution in [0.2, 0.25) is 0 Å². The van der Waals surface area contributed by atoms with Gasteiger partial charge in [0.15, 0.2) is 0 Å². The molecule has 2 aliphatic heterocycles. The van der Waals surface area contributed by atoms with E-state index in [1.807, 2.05) is 0 Å². The van der Waals surface area contributed by atoms with Crippen molar-refractivity contribution in [3.05, 3.63) is 0 Å². The zero-order valence-electron chi connectivity index (χ0n) is 11.6. The van der Waals surface area contributed by atoms with E-state index >= 15 is 0 Å². The van der Waals surface area contributed by atoms with Crippen molar-refractivity contribution in [1.82, 2.24) is 13.9 Å². The molecule has 0 radical (unpaired) electrons. The van der Waals surface area contributed by atoms with Crippen molar-refractivity contribution in [3.8, 4) is 0 Å². The highest BCUT2D eigenvalue weighted by atomic mass is 32.2. The van der Waals surface area contributed by atoms with Crippen molar-refractivity contribution in [2.24, 2.45) is 11.8 Å². The van der Waals surface area contributed by atoms with E-state index < -0.39 is 10.2 Å². The summed E-state index contributed by atoms with van der Waals surface area (Å²) in [5, 5.41) is 3.22. The molecule has 2 aliphatic rings. The molecular formula is C12H25N3O2S. The first-order valence-corrected chi connectivity index (χ1v) is 8.24. The zero-order chi connectivity index (χ0) is 13.3. The second-order valence-corrected chi connectivity index (χ2v) is 7.92. The van der Waals surface area contributed by atoms with Crippen molar-refractivity contribution in [2.45, 2.75) is 32.7 Å². The maximum Gasteiger partial charge on any atom is 0.282 e. The highest BCUT2D eigenvalue weighted by molar-refractivity contribution is 7.86. The van der Waals surface area contributed by atoms with Crippen molar-refractivity contribution in [3.63, 3.8) is 0 Å². The van der Waals surface area contributed by atoms with Gasteiger partial charge in [0.2, 0.25) is 0 Å². The lowest BCUT2D eigenvalue weighted by Crippen LogP contribution is -2.51. The van der Waals surface area contributed by atoms with Crippen molar-refractivity contribution in [2.75, 3.05) is 33.2 Å². The molecule has 0 aliphatic carbocycles. The lowest BCUT2D eigenvalue weighted by Gasteiger charge is -2.37. The van der Waals surface area contributed by atoms with Gasteiger partial charge in [-0.15, -0.1) is 0 Å². The topological polar surface area (TPSA) is 52.7 Å². The SMILES string of the molecule is CC1CC(C)CN(S(=O)(=O)N(C)C2CCNC2)C1. The van der Waals surface area contributed by atoms with Crippen LogP contribution in [0.1, 0.15) is 26.7 Å². The van der Waals surface area contributed by atoms with Crippen LogP contribution in [0.15, 0.2) is 0 Å². The molecule has 5 nitrogen and oxygen atoms in total. The van der Waals surface area contributed by atoms with Crippen molar-refractivity contribution in [1.29, 1.82) is 0 Å². The Hall–Kier alpha value is -0.170. The largest absolute Gasteiger partial charge is 0.315 e. The van der Waals surface area contributed by atoms with Gasteiger partial charge in [0.05, 0.1) is 0 Å². The normalized spacial score (nSPS) is 35.2. The minimum Gasteiger partial charge on any atom is -0.315 e. The summed E-state index contributed by atoms with van der Waals surface area (Å²) in [5.74, 6) is 0.914. The molecule has 18 heavy (non-hydrogen) atoms. The Balaban J connectivity index is 2.09. The Morgan fingerprint density at radius 3 is 2.33 bits per heavy atom. The van der Waals surface area contributed by atoms with E-state index in [0.717, 1.165) is 25.9 Å². The maximum atomic E-state index is 12.6. The summed E-state index contributed by atoms with van der Waals surface area (Å²) in [6.45, 7) is 7.28. The monoisotopic (exact) mass is 275 g/mol. The van der Waals surface area contributed by atoms with Crippen LogP contribution in [0, 0.1) is 11.8 Å². The first-order valence-electron chi connectivity index (χ1n) is 6.85. The van der Waals surface area contributed by atoms with Gasteiger partial charge in [-0.05, 0) is 31.2 Å². The van der Waals surface area contributed by atoms with Gasteiger partial charge in [-0.3, -0.25) is 0 Å². The van der Waals surface area contributed by atoms with E-state index in [0.29, 0.717) is 24.9 Å². The minimum absolute atomic E-state index is 0.113. The highest BCUT2D eigenvalue weighted by Gasteiger charge is 2.36. The van der Waals surface area contributed by atoms with Gasteiger partial charge in [0.1, 0.15) is 0 Å². The Kier molecular flexibility index (Phi) is 4.31. The van der Waals surface area contributed by atoms with E-state index in [1.165, 1.54) is 0 Å². The predicted octanol–water partition coefficient (Wildman–Crippen LogP) is 0.503. The summed E-state index contributed by atoms with van der Waals surface area (Å²) in [4.78, 5) is 0. The molecule has 0 aromatic carbocycles. The zero-order valence-corrected chi connectivity index (χ0v) is 12.4. The van der Waals surface area contributed by atoms with Crippen molar-refractivity contribution >= 4 is 10.2 Å². The fourth-order valence-electron chi connectivity index (χ4n) is 3.11. The first-order chi connectivity index (χ1) is 8.41. The second kappa shape index (κ2) is 5.45. The van der Waals surface area contributed by atoms with Crippen LogP contribution in [0.25, 0.3) is 0 Å². The molecule has 0 amide bonds. The summed E-state index contributed by atoms with van der Waals surface area (Å²) in [7, 11) is -1.57. The molecule has 0 saturated carbocycles. The molecule has 0 spiro atoms. The van der Waals surface area contributed by atoms with E-state index in [1.54, 1.807) is 15.7 Å². The second-order valence-electron chi connectivity index (χ2n) is 5.93. The summed E-state index contributed by atoms with van der Waals surface area (Å²) < 4.78 is 28.4. The Labute approximate surface area is 111 Å². The van der Waals surface area contributed by atoms with Crippen molar-refractivity contribution < 1.29 is 8.42 Å². The lowest BCUT2D eigenvalue weighted by molar-refractivity contribution is 0.207. The Morgan fingerprint density at radius 1 is 1.22 bits per heavy atom. The average Bonchev–Trinajstić information content (AvgIpc) is 2.79. The summed E-state index contributed by atoms with van der Waals surface area (Å²) in [5.41, 5.74) is 0. The number of likely N-dealkylation sites (N-methyl/N-ethyl adjacent to an activating group) is 1. The average molecular weight is 275 g/mol.